The van der Waals surface area contributed by atoms with Gasteiger partial charge in [-0.2, -0.15) is 0 Å². The Bertz CT molecular complexity index is 258. The number of halogens is 1. The minimum Gasteiger partial charge on any atom is -0.508 e. The fourth-order valence-corrected chi connectivity index (χ4v) is 1.01. The van der Waals surface area contributed by atoms with Gasteiger partial charge in [0.05, 0.1) is 0 Å². The molecule has 12 heavy (non-hydrogen) atoms. The lowest BCUT2D eigenvalue weighted by Gasteiger charge is -2.11. The third-order valence-corrected chi connectivity index (χ3v) is 1.65. The second kappa shape index (κ2) is 3.51. The number of aromatic hydroxyl groups is 1. The molecular weight excluding hydrogens is 159 g/mol. The first-order chi connectivity index (χ1) is 5.66. The van der Waals surface area contributed by atoms with E-state index in [0.29, 0.717) is 0 Å². The van der Waals surface area contributed by atoms with Gasteiger partial charge in [0.2, 0.25) is 0 Å². The Morgan fingerprint density at radius 3 is 2.67 bits per heavy atom. The van der Waals surface area contributed by atoms with E-state index in [1.165, 1.54) is 18.2 Å². The molecular formula is C8H11FN2O. The highest BCUT2D eigenvalue weighted by atomic mass is 19.1. The quantitative estimate of drug-likeness (QED) is 0.604. The number of hydrogen-bond donors (Lipinski definition) is 3. The molecule has 0 spiro atoms. The minimum absolute atomic E-state index is 0.0833. The first-order valence-corrected chi connectivity index (χ1v) is 3.60. The summed E-state index contributed by atoms with van der Waals surface area (Å²) in [6.07, 6.45) is 0. The zero-order chi connectivity index (χ0) is 9.14. The summed E-state index contributed by atoms with van der Waals surface area (Å²) in [6.45, 7) is 0.106. The lowest BCUT2D eigenvalue weighted by Crippen LogP contribution is -2.21. The maximum absolute atomic E-state index is 13.0. The van der Waals surface area contributed by atoms with Gasteiger partial charge < -0.3 is 16.6 Å². The molecule has 1 aromatic rings. The fraction of sp³-hybridized carbons (Fsp3) is 0.250. The van der Waals surface area contributed by atoms with Crippen molar-refractivity contribution in [3.63, 3.8) is 0 Å². The number of hydrogen-bond acceptors (Lipinski definition) is 3. The summed E-state index contributed by atoms with van der Waals surface area (Å²) in [5, 5.41) is 9.22. The van der Waals surface area contributed by atoms with Gasteiger partial charge in [0.1, 0.15) is 11.6 Å². The lowest BCUT2D eigenvalue weighted by molar-refractivity contribution is 0.450. The van der Waals surface area contributed by atoms with Crippen LogP contribution in [0.1, 0.15) is 11.6 Å². The Morgan fingerprint density at radius 2 is 2.17 bits per heavy atom. The van der Waals surface area contributed by atoms with Crippen molar-refractivity contribution in [3.8, 4) is 5.75 Å². The van der Waals surface area contributed by atoms with Crippen LogP contribution in [0.4, 0.5) is 4.39 Å². The number of nitrogens with two attached hydrogens (primary N) is 2. The van der Waals surface area contributed by atoms with Gasteiger partial charge >= 0.3 is 0 Å². The van der Waals surface area contributed by atoms with Gasteiger partial charge in [0, 0.05) is 18.2 Å². The first kappa shape index (κ1) is 8.96. The second-order valence-electron chi connectivity index (χ2n) is 2.51. The van der Waals surface area contributed by atoms with Gasteiger partial charge in [0.25, 0.3) is 0 Å². The number of phenolic OH excluding ortho intramolecular Hbond substituents is 1. The molecule has 3 nitrogen and oxygen atoms in total. The average molecular weight is 170 g/mol. The molecule has 0 aliphatic carbocycles. The zero-order valence-corrected chi connectivity index (χ0v) is 6.50. The molecule has 0 fully saturated rings. The van der Waals surface area contributed by atoms with Gasteiger partial charge in [-0.3, -0.25) is 0 Å². The summed E-state index contributed by atoms with van der Waals surface area (Å²) in [5.74, 6) is -0.666. The van der Waals surface area contributed by atoms with Crippen molar-refractivity contribution in [2.45, 2.75) is 6.04 Å². The molecule has 0 saturated heterocycles. The van der Waals surface area contributed by atoms with E-state index in [1.807, 2.05) is 0 Å². The molecule has 0 amide bonds. The minimum atomic E-state index is -0.647. The second-order valence-corrected chi connectivity index (χ2v) is 2.51. The van der Waals surface area contributed by atoms with Crippen LogP contribution in [0.15, 0.2) is 18.2 Å². The summed E-state index contributed by atoms with van der Waals surface area (Å²) >= 11 is 0. The van der Waals surface area contributed by atoms with Crippen molar-refractivity contribution in [2.75, 3.05) is 6.54 Å². The van der Waals surface area contributed by atoms with E-state index in [4.69, 9.17) is 11.5 Å². The molecule has 0 saturated carbocycles. The Labute approximate surface area is 69.8 Å². The normalized spacial score (nSPS) is 12.9. The molecule has 0 aromatic heterocycles. The van der Waals surface area contributed by atoms with Crippen LogP contribution in [-0.4, -0.2) is 11.7 Å². The van der Waals surface area contributed by atoms with Crippen LogP contribution in [0, 0.1) is 5.82 Å². The van der Waals surface area contributed by atoms with E-state index in [-0.39, 0.29) is 17.9 Å². The largest absolute Gasteiger partial charge is 0.508 e. The Hall–Kier alpha value is -1.13. The standard InChI is InChI=1S/C8H11FN2O/c9-5-2-1-3-7(12)8(5)6(11)4-10/h1-3,6,12H,4,10-11H2/t6-/m0/s1. The highest BCUT2D eigenvalue weighted by Gasteiger charge is 2.13. The van der Waals surface area contributed by atoms with Crippen LogP contribution < -0.4 is 11.5 Å². The molecule has 4 heteroatoms. The van der Waals surface area contributed by atoms with Gasteiger partial charge in [0.15, 0.2) is 0 Å². The first-order valence-electron chi connectivity index (χ1n) is 3.60. The Balaban J connectivity index is 3.12. The zero-order valence-electron chi connectivity index (χ0n) is 6.50. The van der Waals surface area contributed by atoms with Crippen LogP contribution in [-0.2, 0) is 0 Å². The van der Waals surface area contributed by atoms with E-state index in [1.54, 1.807) is 0 Å². The predicted molar refractivity (Wildman–Crippen MR) is 44.0 cm³/mol. The van der Waals surface area contributed by atoms with Crippen LogP contribution in [0.3, 0.4) is 0 Å². The number of rotatable bonds is 2. The predicted octanol–water partition coefficient (Wildman–Crippen LogP) is 0.490. The Kier molecular flexibility index (Phi) is 2.62. The summed E-state index contributed by atoms with van der Waals surface area (Å²) < 4.78 is 13.0. The molecule has 1 aromatic carbocycles. The smallest absolute Gasteiger partial charge is 0.131 e. The fourth-order valence-electron chi connectivity index (χ4n) is 1.01. The molecule has 5 N–H and O–H groups in total. The highest BCUT2D eigenvalue weighted by Crippen LogP contribution is 2.24. The van der Waals surface area contributed by atoms with Gasteiger partial charge in [-0.15, -0.1) is 0 Å². The number of benzene rings is 1. The van der Waals surface area contributed by atoms with Crippen molar-refractivity contribution in [1.82, 2.24) is 0 Å². The molecule has 0 heterocycles. The van der Waals surface area contributed by atoms with Crippen LogP contribution in [0.5, 0.6) is 5.75 Å². The highest BCUT2D eigenvalue weighted by molar-refractivity contribution is 5.35. The molecule has 1 atom stereocenters. The third-order valence-electron chi connectivity index (χ3n) is 1.65. The van der Waals surface area contributed by atoms with E-state index in [2.05, 4.69) is 0 Å². The van der Waals surface area contributed by atoms with Gasteiger partial charge in [-0.25, -0.2) is 4.39 Å². The molecule has 0 bridgehead atoms. The molecule has 0 unspecified atom stereocenters. The van der Waals surface area contributed by atoms with Crippen LogP contribution in [0.25, 0.3) is 0 Å². The third kappa shape index (κ3) is 1.54. The maximum atomic E-state index is 13.0. The SMILES string of the molecule is NC[C@H](N)c1c(O)cccc1F. The van der Waals surface area contributed by atoms with E-state index >= 15 is 0 Å². The van der Waals surface area contributed by atoms with Crippen molar-refractivity contribution in [3.05, 3.63) is 29.6 Å². The van der Waals surface area contributed by atoms with Gasteiger partial charge in [-0.1, -0.05) is 6.07 Å². The number of phenols is 1. The lowest BCUT2D eigenvalue weighted by atomic mass is 10.1. The molecule has 0 aliphatic heterocycles. The summed E-state index contributed by atoms with van der Waals surface area (Å²) in [5.41, 5.74) is 10.8. The average Bonchev–Trinajstić information content (AvgIpc) is 2.03. The van der Waals surface area contributed by atoms with Crippen molar-refractivity contribution in [2.24, 2.45) is 11.5 Å². The van der Waals surface area contributed by atoms with Crippen molar-refractivity contribution >= 4 is 0 Å². The maximum Gasteiger partial charge on any atom is 0.131 e. The van der Waals surface area contributed by atoms with Crippen molar-refractivity contribution in [1.29, 1.82) is 0 Å². The molecule has 1 rings (SSSR count). The molecule has 66 valence electrons. The monoisotopic (exact) mass is 170 g/mol. The topological polar surface area (TPSA) is 72.3 Å². The van der Waals surface area contributed by atoms with Crippen molar-refractivity contribution < 1.29 is 9.50 Å². The van der Waals surface area contributed by atoms with Gasteiger partial charge in [-0.05, 0) is 12.1 Å². The van der Waals surface area contributed by atoms with E-state index < -0.39 is 11.9 Å². The summed E-state index contributed by atoms with van der Waals surface area (Å²) in [4.78, 5) is 0. The van der Waals surface area contributed by atoms with E-state index in [9.17, 15) is 9.50 Å². The van der Waals surface area contributed by atoms with Crippen LogP contribution >= 0.6 is 0 Å². The Morgan fingerprint density at radius 1 is 1.50 bits per heavy atom. The van der Waals surface area contributed by atoms with E-state index in [0.717, 1.165) is 0 Å². The molecule has 0 radical (unpaired) electrons. The molecule has 0 aliphatic rings. The summed E-state index contributed by atoms with van der Waals surface area (Å²) in [6, 6.07) is 3.39. The summed E-state index contributed by atoms with van der Waals surface area (Å²) in [7, 11) is 0. The van der Waals surface area contributed by atoms with Crippen LogP contribution in [0.2, 0.25) is 0 Å².